The lowest BCUT2D eigenvalue weighted by molar-refractivity contribution is 0.238. The van der Waals surface area contributed by atoms with Crippen LogP contribution in [0.25, 0.3) is 0 Å². The first kappa shape index (κ1) is 26.4. The number of aromatic hydroxyl groups is 1. The molecule has 2 aliphatic rings. The minimum absolute atomic E-state index is 0.0706. The Labute approximate surface area is 226 Å². The van der Waals surface area contributed by atoms with E-state index in [0.29, 0.717) is 31.4 Å². The quantitative estimate of drug-likeness (QED) is 0.368. The number of hydrogen-bond acceptors (Lipinski definition) is 6. The number of nitrogens with zero attached hydrogens (tertiary/aromatic N) is 2. The van der Waals surface area contributed by atoms with Crippen LogP contribution in [0.4, 0.5) is 5.69 Å². The second-order valence-electron chi connectivity index (χ2n) is 10.5. The lowest BCUT2D eigenvalue weighted by Crippen LogP contribution is -2.28. The number of methoxy groups -OCH3 is 1. The van der Waals surface area contributed by atoms with Gasteiger partial charge < -0.3 is 24.6 Å². The Morgan fingerprint density at radius 2 is 1.74 bits per heavy atom. The number of hydrogen-bond donors (Lipinski definition) is 2. The molecule has 1 heterocycles. The molecule has 1 aliphatic heterocycles. The van der Waals surface area contributed by atoms with Gasteiger partial charge >= 0.3 is 0 Å². The molecule has 1 fully saturated rings. The lowest BCUT2D eigenvalue weighted by atomic mass is 9.79. The lowest BCUT2D eigenvalue weighted by Gasteiger charge is -2.32. The van der Waals surface area contributed by atoms with E-state index in [-0.39, 0.29) is 6.61 Å². The highest BCUT2D eigenvalue weighted by Gasteiger charge is 2.25. The Balaban J connectivity index is 1.31. The van der Waals surface area contributed by atoms with Crippen LogP contribution in [-0.2, 0) is 19.4 Å². The van der Waals surface area contributed by atoms with Gasteiger partial charge in [-0.1, -0.05) is 24.3 Å². The maximum Gasteiger partial charge on any atom is 0.120 e. The number of rotatable bonds is 11. The molecule has 6 nitrogen and oxygen atoms in total. The van der Waals surface area contributed by atoms with Crippen LogP contribution in [0.2, 0.25) is 0 Å². The molecular formula is C32H40N2O4. The van der Waals surface area contributed by atoms with Crippen LogP contribution in [0.1, 0.15) is 47.4 Å². The van der Waals surface area contributed by atoms with Crippen LogP contribution < -0.4 is 14.4 Å². The molecular weight excluding hydrogens is 476 g/mol. The minimum atomic E-state index is 0.0706. The first-order valence-corrected chi connectivity index (χ1v) is 13.9. The summed E-state index contributed by atoms with van der Waals surface area (Å²) < 4.78 is 11.6. The predicted octanol–water partition coefficient (Wildman–Crippen LogP) is 5.15. The van der Waals surface area contributed by atoms with Gasteiger partial charge in [-0.25, -0.2) is 0 Å². The van der Waals surface area contributed by atoms with Crippen molar-refractivity contribution in [2.45, 2.75) is 44.6 Å². The molecule has 1 aliphatic carbocycles. The van der Waals surface area contributed by atoms with Crippen molar-refractivity contribution in [2.24, 2.45) is 0 Å². The fourth-order valence-electron chi connectivity index (χ4n) is 5.89. The van der Waals surface area contributed by atoms with Gasteiger partial charge in [-0.15, -0.1) is 0 Å². The third kappa shape index (κ3) is 6.43. The largest absolute Gasteiger partial charge is 0.508 e. The van der Waals surface area contributed by atoms with Gasteiger partial charge in [-0.05, 0) is 104 Å². The molecule has 38 heavy (non-hydrogen) atoms. The zero-order valence-electron chi connectivity index (χ0n) is 22.4. The van der Waals surface area contributed by atoms with Crippen LogP contribution in [-0.4, -0.2) is 61.6 Å². The maximum atomic E-state index is 9.97. The number of phenols is 1. The summed E-state index contributed by atoms with van der Waals surface area (Å²) in [6.45, 7) is 5.36. The SMILES string of the molecule is COc1ccc(C2CCc3cc(O)ccc3C2)c(N(CCO)Cc2ccc(OCCN3CCCC3)cc2)c1. The van der Waals surface area contributed by atoms with Gasteiger partial charge in [0.25, 0.3) is 0 Å². The molecule has 1 unspecified atom stereocenters. The van der Waals surface area contributed by atoms with E-state index in [0.717, 1.165) is 43.0 Å². The monoisotopic (exact) mass is 516 g/mol. The highest BCUT2D eigenvalue weighted by atomic mass is 16.5. The Morgan fingerprint density at radius 1 is 0.947 bits per heavy atom. The highest BCUT2D eigenvalue weighted by Crippen LogP contribution is 2.40. The summed E-state index contributed by atoms with van der Waals surface area (Å²) in [5.74, 6) is 2.41. The van der Waals surface area contributed by atoms with E-state index in [9.17, 15) is 10.2 Å². The molecule has 0 bridgehead atoms. The summed E-state index contributed by atoms with van der Waals surface area (Å²) in [7, 11) is 1.70. The first-order chi connectivity index (χ1) is 18.6. The van der Waals surface area contributed by atoms with E-state index in [1.807, 2.05) is 12.1 Å². The predicted molar refractivity (Wildman–Crippen MR) is 152 cm³/mol. The third-order valence-corrected chi connectivity index (χ3v) is 7.98. The summed E-state index contributed by atoms with van der Waals surface area (Å²) in [5, 5.41) is 19.9. The maximum absolute atomic E-state index is 9.97. The molecule has 202 valence electrons. The van der Waals surface area contributed by atoms with Gasteiger partial charge in [-0.3, -0.25) is 4.90 Å². The number of benzene rings is 3. The number of aryl methyl sites for hydroxylation is 1. The van der Waals surface area contributed by atoms with Gasteiger partial charge in [0.2, 0.25) is 0 Å². The molecule has 6 heteroatoms. The topological polar surface area (TPSA) is 65.4 Å². The van der Waals surface area contributed by atoms with Crippen molar-refractivity contribution in [1.82, 2.24) is 4.90 Å². The van der Waals surface area contributed by atoms with E-state index in [2.05, 4.69) is 52.3 Å². The summed E-state index contributed by atoms with van der Waals surface area (Å²) in [5.41, 5.74) is 6.10. The number of likely N-dealkylation sites (tertiary alicyclic amines) is 1. The smallest absolute Gasteiger partial charge is 0.120 e. The van der Waals surface area contributed by atoms with E-state index in [4.69, 9.17) is 9.47 Å². The Bertz CT molecular complexity index is 1190. The van der Waals surface area contributed by atoms with Gasteiger partial charge in [0.1, 0.15) is 23.9 Å². The van der Waals surface area contributed by atoms with E-state index in [1.54, 1.807) is 13.2 Å². The second kappa shape index (κ2) is 12.5. The van der Waals surface area contributed by atoms with Crippen molar-refractivity contribution < 1.29 is 19.7 Å². The van der Waals surface area contributed by atoms with Crippen molar-refractivity contribution in [1.29, 1.82) is 0 Å². The van der Waals surface area contributed by atoms with Gasteiger partial charge in [-0.2, -0.15) is 0 Å². The highest BCUT2D eigenvalue weighted by molar-refractivity contribution is 5.60. The molecule has 3 aromatic carbocycles. The molecule has 0 aromatic heterocycles. The number of aliphatic hydroxyl groups is 1. The average molecular weight is 517 g/mol. The minimum Gasteiger partial charge on any atom is -0.508 e. The molecule has 0 radical (unpaired) electrons. The number of aliphatic hydroxyl groups excluding tert-OH is 1. The van der Waals surface area contributed by atoms with Gasteiger partial charge in [0.15, 0.2) is 0 Å². The zero-order chi connectivity index (χ0) is 26.3. The van der Waals surface area contributed by atoms with Crippen molar-refractivity contribution in [3.05, 3.63) is 82.9 Å². The standard InChI is InChI=1S/C32H40N2O4/c1-37-30-12-13-31(27-7-6-26-21-28(36)9-8-25(26)20-27)32(22-30)34(16-18-35)23-24-4-10-29(11-5-24)38-19-17-33-14-2-3-15-33/h4-5,8-13,21-22,27,35-36H,2-3,6-7,14-20,23H2,1H3. The van der Waals surface area contributed by atoms with Crippen LogP contribution >= 0.6 is 0 Å². The summed E-state index contributed by atoms with van der Waals surface area (Å²) in [6.07, 6.45) is 5.50. The van der Waals surface area contributed by atoms with E-state index >= 15 is 0 Å². The Kier molecular flexibility index (Phi) is 8.72. The summed E-state index contributed by atoms with van der Waals surface area (Å²) >= 11 is 0. The summed E-state index contributed by atoms with van der Waals surface area (Å²) in [6, 6.07) is 20.4. The average Bonchev–Trinajstić information content (AvgIpc) is 3.47. The van der Waals surface area contributed by atoms with Crippen molar-refractivity contribution in [2.75, 3.05) is 51.4 Å². The van der Waals surface area contributed by atoms with Crippen LogP contribution in [0.3, 0.4) is 0 Å². The molecule has 3 aromatic rings. The van der Waals surface area contributed by atoms with Crippen molar-refractivity contribution in [3.8, 4) is 17.2 Å². The Morgan fingerprint density at radius 3 is 2.50 bits per heavy atom. The number of anilines is 1. The molecule has 5 rings (SSSR count). The van der Waals surface area contributed by atoms with Crippen LogP contribution in [0, 0.1) is 0 Å². The molecule has 0 amide bonds. The number of ether oxygens (including phenoxy) is 2. The zero-order valence-corrected chi connectivity index (χ0v) is 22.4. The molecule has 0 spiro atoms. The van der Waals surface area contributed by atoms with Gasteiger partial charge in [0, 0.05) is 31.4 Å². The first-order valence-electron chi connectivity index (χ1n) is 13.9. The van der Waals surface area contributed by atoms with E-state index < -0.39 is 0 Å². The number of fused-ring (bicyclic) bond motifs is 1. The second-order valence-corrected chi connectivity index (χ2v) is 10.5. The van der Waals surface area contributed by atoms with Crippen molar-refractivity contribution >= 4 is 5.69 Å². The third-order valence-electron chi connectivity index (χ3n) is 7.98. The van der Waals surface area contributed by atoms with Crippen molar-refractivity contribution in [3.63, 3.8) is 0 Å². The fraction of sp³-hybridized carbons (Fsp3) is 0.438. The van der Waals surface area contributed by atoms with E-state index in [1.165, 1.54) is 48.2 Å². The molecule has 0 saturated carbocycles. The molecule has 1 saturated heterocycles. The molecule has 1 atom stereocenters. The van der Waals surface area contributed by atoms with Gasteiger partial charge in [0.05, 0.1) is 13.7 Å². The normalized spacial score (nSPS) is 17.3. The Hall–Kier alpha value is -3.22. The number of phenolic OH excluding ortho intramolecular Hbond substituents is 1. The summed E-state index contributed by atoms with van der Waals surface area (Å²) in [4.78, 5) is 4.72. The van der Waals surface area contributed by atoms with Crippen LogP contribution in [0.5, 0.6) is 17.2 Å². The van der Waals surface area contributed by atoms with Crippen LogP contribution in [0.15, 0.2) is 60.7 Å². The molecule has 2 N–H and O–H groups in total. The fourth-order valence-corrected chi connectivity index (χ4v) is 5.89.